The second-order valence-electron chi connectivity index (χ2n) is 3.86. The number of halogens is 1. The summed E-state index contributed by atoms with van der Waals surface area (Å²) in [5.41, 5.74) is 2.30. The molecule has 2 aromatic rings. The molecule has 0 radical (unpaired) electrons. The molecule has 0 unspecified atom stereocenters. The van der Waals surface area contributed by atoms with Gasteiger partial charge in [-0.1, -0.05) is 17.7 Å². The molecular formula is C13H15BrN2O. The van der Waals surface area contributed by atoms with Crippen molar-refractivity contribution in [2.24, 2.45) is 0 Å². The lowest BCUT2D eigenvalue weighted by molar-refractivity contribution is 0.295. The minimum Gasteiger partial charge on any atom is -0.487 e. The van der Waals surface area contributed by atoms with Gasteiger partial charge >= 0.3 is 0 Å². The molecule has 3 nitrogen and oxygen atoms in total. The minimum absolute atomic E-state index is 0.537. The van der Waals surface area contributed by atoms with Crippen molar-refractivity contribution in [3.05, 3.63) is 46.5 Å². The van der Waals surface area contributed by atoms with E-state index in [1.165, 1.54) is 5.56 Å². The standard InChI is InChI=1S/C13H15BrN2O/c1-3-16-11(8-15-13(16)14)9-17-12-6-4-10(2)5-7-12/h4-8H,3,9H2,1-2H3. The van der Waals surface area contributed by atoms with Crippen molar-refractivity contribution in [1.29, 1.82) is 0 Å². The molecule has 1 aromatic carbocycles. The van der Waals surface area contributed by atoms with E-state index in [0.717, 1.165) is 22.7 Å². The van der Waals surface area contributed by atoms with Crippen LogP contribution < -0.4 is 4.74 Å². The molecule has 0 N–H and O–H groups in total. The van der Waals surface area contributed by atoms with Gasteiger partial charge in [-0.15, -0.1) is 0 Å². The van der Waals surface area contributed by atoms with Crippen molar-refractivity contribution in [2.45, 2.75) is 27.0 Å². The van der Waals surface area contributed by atoms with Crippen LogP contribution in [-0.4, -0.2) is 9.55 Å². The van der Waals surface area contributed by atoms with Crippen LogP contribution in [0.1, 0.15) is 18.2 Å². The average Bonchev–Trinajstić information content (AvgIpc) is 2.69. The number of nitrogens with zero attached hydrogens (tertiary/aromatic N) is 2. The number of aromatic nitrogens is 2. The Bertz CT molecular complexity index is 491. The third-order valence-corrected chi connectivity index (χ3v) is 3.25. The fourth-order valence-corrected chi connectivity index (χ4v) is 2.21. The Morgan fingerprint density at radius 3 is 2.65 bits per heavy atom. The minimum atomic E-state index is 0.537. The summed E-state index contributed by atoms with van der Waals surface area (Å²) in [7, 11) is 0. The van der Waals surface area contributed by atoms with Gasteiger partial charge in [-0.3, -0.25) is 0 Å². The maximum Gasteiger partial charge on any atom is 0.177 e. The summed E-state index contributed by atoms with van der Waals surface area (Å²) < 4.78 is 8.65. The predicted octanol–water partition coefficient (Wildman–Crippen LogP) is 3.55. The zero-order valence-electron chi connectivity index (χ0n) is 9.98. The van der Waals surface area contributed by atoms with Gasteiger partial charge < -0.3 is 9.30 Å². The molecule has 0 saturated carbocycles. The SMILES string of the molecule is CCn1c(COc2ccc(C)cc2)cnc1Br. The summed E-state index contributed by atoms with van der Waals surface area (Å²) in [4.78, 5) is 4.21. The van der Waals surface area contributed by atoms with Gasteiger partial charge in [0.2, 0.25) is 0 Å². The van der Waals surface area contributed by atoms with Gasteiger partial charge in [-0.25, -0.2) is 4.98 Å². The first-order valence-electron chi connectivity index (χ1n) is 5.60. The molecule has 0 amide bonds. The van der Waals surface area contributed by atoms with Gasteiger partial charge in [0.15, 0.2) is 4.73 Å². The predicted molar refractivity (Wildman–Crippen MR) is 71.1 cm³/mol. The number of hydrogen-bond donors (Lipinski definition) is 0. The van der Waals surface area contributed by atoms with E-state index in [-0.39, 0.29) is 0 Å². The maximum absolute atomic E-state index is 5.72. The number of hydrogen-bond acceptors (Lipinski definition) is 2. The Balaban J connectivity index is 2.04. The van der Waals surface area contributed by atoms with Gasteiger partial charge in [0.05, 0.1) is 11.9 Å². The van der Waals surface area contributed by atoms with Crippen LogP contribution >= 0.6 is 15.9 Å². The molecule has 0 saturated heterocycles. The summed E-state index contributed by atoms with van der Waals surface area (Å²) in [6.45, 7) is 5.57. The van der Waals surface area contributed by atoms with Crippen LogP contribution in [0.4, 0.5) is 0 Å². The smallest absolute Gasteiger partial charge is 0.177 e. The monoisotopic (exact) mass is 294 g/mol. The van der Waals surface area contributed by atoms with E-state index in [1.54, 1.807) is 0 Å². The summed E-state index contributed by atoms with van der Waals surface area (Å²) in [5.74, 6) is 0.885. The Kier molecular flexibility index (Phi) is 3.84. The quantitative estimate of drug-likeness (QED) is 0.862. The highest BCUT2D eigenvalue weighted by molar-refractivity contribution is 9.10. The van der Waals surface area contributed by atoms with Crippen LogP contribution in [0.5, 0.6) is 5.75 Å². The van der Waals surface area contributed by atoms with Crippen molar-refractivity contribution in [3.8, 4) is 5.75 Å². The molecule has 1 heterocycles. The van der Waals surface area contributed by atoms with Crippen LogP contribution in [-0.2, 0) is 13.2 Å². The van der Waals surface area contributed by atoms with Crippen molar-refractivity contribution in [3.63, 3.8) is 0 Å². The molecule has 2 rings (SSSR count). The van der Waals surface area contributed by atoms with E-state index in [0.29, 0.717) is 6.61 Å². The van der Waals surface area contributed by atoms with Crippen molar-refractivity contribution >= 4 is 15.9 Å². The van der Waals surface area contributed by atoms with Gasteiger partial charge in [-0.05, 0) is 41.9 Å². The fourth-order valence-electron chi connectivity index (χ4n) is 1.63. The Labute approximate surface area is 110 Å². The molecule has 1 aromatic heterocycles. The normalized spacial score (nSPS) is 10.5. The molecule has 0 bridgehead atoms. The highest BCUT2D eigenvalue weighted by Crippen LogP contribution is 2.16. The summed E-state index contributed by atoms with van der Waals surface area (Å²) in [6, 6.07) is 8.05. The third-order valence-electron chi connectivity index (χ3n) is 2.61. The first kappa shape index (κ1) is 12.2. The van der Waals surface area contributed by atoms with Gasteiger partial charge in [0.1, 0.15) is 12.4 Å². The van der Waals surface area contributed by atoms with E-state index < -0.39 is 0 Å². The first-order valence-corrected chi connectivity index (χ1v) is 6.39. The van der Waals surface area contributed by atoms with E-state index in [1.807, 2.05) is 30.5 Å². The molecule has 0 aliphatic carbocycles. The Hall–Kier alpha value is -1.29. The Morgan fingerprint density at radius 2 is 2.00 bits per heavy atom. The van der Waals surface area contributed by atoms with Crippen LogP contribution in [0.15, 0.2) is 35.2 Å². The molecule has 0 atom stereocenters. The number of ether oxygens (including phenoxy) is 1. The van der Waals surface area contributed by atoms with Crippen molar-refractivity contribution in [1.82, 2.24) is 9.55 Å². The molecule has 0 aliphatic rings. The summed E-state index contributed by atoms with van der Waals surface area (Å²) in [6.07, 6.45) is 1.84. The Morgan fingerprint density at radius 1 is 1.29 bits per heavy atom. The lowest BCUT2D eigenvalue weighted by Gasteiger charge is -2.08. The van der Waals surface area contributed by atoms with Crippen LogP contribution in [0.3, 0.4) is 0 Å². The number of rotatable bonds is 4. The van der Waals surface area contributed by atoms with Crippen LogP contribution in [0.25, 0.3) is 0 Å². The van der Waals surface area contributed by atoms with E-state index in [9.17, 15) is 0 Å². The summed E-state index contributed by atoms with van der Waals surface area (Å²) in [5, 5.41) is 0. The van der Waals surface area contributed by atoms with Gasteiger partial charge in [-0.2, -0.15) is 0 Å². The second kappa shape index (κ2) is 5.36. The first-order chi connectivity index (χ1) is 8.20. The van der Waals surface area contributed by atoms with E-state index >= 15 is 0 Å². The second-order valence-corrected chi connectivity index (χ2v) is 4.57. The lowest BCUT2D eigenvalue weighted by atomic mass is 10.2. The zero-order chi connectivity index (χ0) is 12.3. The van der Waals surface area contributed by atoms with Crippen molar-refractivity contribution in [2.75, 3.05) is 0 Å². The van der Waals surface area contributed by atoms with Gasteiger partial charge in [0, 0.05) is 6.54 Å². The van der Waals surface area contributed by atoms with Crippen LogP contribution in [0.2, 0.25) is 0 Å². The molecule has 90 valence electrons. The maximum atomic E-state index is 5.72. The largest absolute Gasteiger partial charge is 0.487 e. The summed E-state index contributed by atoms with van der Waals surface area (Å²) >= 11 is 3.41. The molecule has 0 spiro atoms. The van der Waals surface area contributed by atoms with Gasteiger partial charge in [0.25, 0.3) is 0 Å². The molecule has 0 aliphatic heterocycles. The average molecular weight is 295 g/mol. The van der Waals surface area contributed by atoms with E-state index in [2.05, 4.69) is 39.3 Å². The molecule has 0 fully saturated rings. The molecular weight excluding hydrogens is 280 g/mol. The lowest BCUT2D eigenvalue weighted by Crippen LogP contribution is -2.04. The third kappa shape index (κ3) is 2.88. The molecule has 4 heteroatoms. The van der Waals surface area contributed by atoms with E-state index in [4.69, 9.17) is 4.74 Å². The topological polar surface area (TPSA) is 27.1 Å². The van der Waals surface area contributed by atoms with Crippen molar-refractivity contribution < 1.29 is 4.74 Å². The fraction of sp³-hybridized carbons (Fsp3) is 0.308. The molecule has 17 heavy (non-hydrogen) atoms. The highest BCUT2D eigenvalue weighted by Gasteiger charge is 2.06. The number of benzene rings is 1. The zero-order valence-corrected chi connectivity index (χ0v) is 11.6. The highest BCUT2D eigenvalue weighted by atomic mass is 79.9. The van der Waals surface area contributed by atoms with Crippen LogP contribution in [0, 0.1) is 6.92 Å². The number of imidazole rings is 1. The number of aryl methyl sites for hydroxylation is 1.